The van der Waals surface area contributed by atoms with Gasteiger partial charge in [-0.15, -0.1) is 11.3 Å². The molecule has 0 atom stereocenters. The van der Waals surface area contributed by atoms with E-state index in [1.165, 1.54) is 22.3 Å². The molecule has 3 rings (SSSR count). The molecule has 0 saturated carbocycles. The molecule has 0 saturated heterocycles. The van der Waals surface area contributed by atoms with Crippen LogP contribution in [0.1, 0.15) is 21.6 Å². The second-order valence-corrected chi connectivity index (χ2v) is 6.27. The first kappa shape index (κ1) is 17.1. The maximum atomic E-state index is 13.8. The summed E-state index contributed by atoms with van der Waals surface area (Å²) in [6.07, 6.45) is 0. The number of benzene rings is 2. The topological polar surface area (TPSA) is 42.4 Å². The fraction of sp³-hybridized carbons (Fsp3) is 0.158. The maximum absolute atomic E-state index is 13.8. The van der Waals surface area contributed by atoms with Crippen molar-refractivity contribution in [2.45, 2.75) is 13.2 Å². The van der Waals surface area contributed by atoms with Crippen LogP contribution >= 0.6 is 11.3 Å². The number of aromatic nitrogens is 1. The van der Waals surface area contributed by atoms with Gasteiger partial charge < -0.3 is 9.64 Å². The van der Waals surface area contributed by atoms with Crippen LogP contribution in [0.25, 0.3) is 0 Å². The normalized spacial score (nSPS) is 10.5. The fourth-order valence-corrected chi connectivity index (χ4v) is 2.90. The van der Waals surface area contributed by atoms with Crippen molar-refractivity contribution in [3.63, 3.8) is 0 Å². The van der Waals surface area contributed by atoms with E-state index in [2.05, 4.69) is 4.98 Å². The van der Waals surface area contributed by atoms with Gasteiger partial charge in [-0.3, -0.25) is 4.79 Å². The predicted molar refractivity (Wildman–Crippen MR) is 95.1 cm³/mol. The van der Waals surface area contributed by atoms with E-state index >= 15 is 0 Å². The highest BCUT2D eigenvalue weighted by molar-refractivity contribution is 7.07. The van der Waals surface area contributed by atoms with Gasteiger partial charge >= 0.3 is 0 Å². The van der Waals surface area contributed by atoms with Gasteiger partial charge in [0, 0.05) is 30.1 Å². The average molecular weight is 356 g/mol. The Kier molecular flexibility index (Phi) is 5.40. The molecule has 1 aromatic heterocycles. The molecule has 0 radical (unpaired) electrons. The first-order valence-corrected chi connectivity index (χ1v) is 8.66. The third kappa shape index (κ3) is 4.42. The lowest BCUT2D eigenvalue weighted by Gasteiger charge is -2.18. The van der Waals surface area contributed by atoms with Crippen molar-refractivity contribution in [2.24, 2.45) is 0 Å². The molecule has 0 unspecified atom stereocenters. The monoisotopic (exact) mass is 356 g/mol. The SMILES string of the molecule is CN(Cc1ccccc1F)C(=O)c1cccc(OCc2cscn2)c1. The molecule has 0 N–H and O–H groups in total. The van der Waals surface area contributed by atoms with E-state index in [1.54, 1.807) is 55.0 Å². The highest BCUT2D eigenvalue weighted by atomic mass is 32.1. The van der Waals surface area contributed by atoms with Crippen molar-refractivity contribution in [2.75, 3.05) is 7.05 Å². The molecule has 0 spiro atoms. The van der Waals surface area contributed by atoms with E-state index in [4.69, 9.17) is 4.74 Å². The minimum Gasteiger partial charge on any atom is -0.487 e. The summed E-state index contributed by atoms with van der Waals surface area (Å²) in [4.78, 5) is 18.2. The number of nitrogens with zero attached hydrogens (tertiary/aromatic N) is 2. The molecule has 128 valence electrons. The summed E-state index contributed by atoms with van der Waals surface area (Å²) in [6.45, 7) is 0.557. The first-order chi connectivity index (χ1) is 12.1. The summed E-state index contributed by atoms with van der Waals surface area (Å²) in [5.41, 5.74) is 3.57. The number of ether oxygens (including phenoxy) is 1. The number of thiazole rings is 1. The van der Waals surface area contributed by atoms with Gasteiger partial charge in [0.05, 0.1) is 11.2 Å². The zero-order valence-corrected chi connectivity index (χ0v) is 14.5. The Morgan fingerprint density at radius 3 is 2.84 bits per heavy atom. The zero-order valence-electron chi connectivity index (χ0n) is 13.7. The molecule has 0 aliphatic rings. The summed E-state index contributed by atoms with van der Waals surface area (Å²) in [5.74, 6) is 0.0861. The van der Waals surface area contributed by atoms with Gasteiger partial charge in [-0.05, 0) is 24.3 Å². The smallest absolute Gasteiger partial charge is 0.254 e. The number of rotatable bonds is 6. The molecule has 4 nitrogen and oxygen atoms in total. The number of hydrogen-bond acceptors (Lipinski definition) is 4. The molecule has 2 aromatic carbocycles. The lowest BCUT2D eigenvalue weighted by molar-refractivity contribution is 0.0783. The van der Waals surface area contributed by atoms with E-state index in [-0.39, 0.29) is 18.3 Å². The second-order valence-electron chi connectivity index (χ2n) is 5.55. The van der Waals surface area contributed by atoms with Gasteiger partial charge in [0.2, 0.25) is 0 Å². The molecule has 1 heterocycles. The third-order valence-electron chi connectivity index (χ3n) is 3.66. The van der Waals surface area contributed by atoms with Gasteiger partial charge in [0.15, 0.2) is 0 Å². The lowest BCUT2D eigenvalue weighted by Crippen LogP contribution is -2.26. The summed E-state index contributed by atoms with van der Waals surface area (Å²) >= 11 is 1.51. The highest BCUT2D eigenvalue weighted by Gasteiger charge is 2.14. The number of carbonyl (C=O) groups excluding carboxylic acids is 1. The van der Waals surface area contributed by atoms with E-state index in [9.17, 15) is 9.18 Å². The van der Waals surface area contributed by atoms with Gasteiger partial charge in [0.25, 0.3) is 5.91 Å². The molecule has 3 aromatic rings. The zero-order chi connectivity index (χ0) is 17.6. The number of hydrogen-bond donors (Lipinski definition) is 0. The molecule has 0 aliphatic carbocycles. The average Bonchev–Trinajstić information content (AvgIpc) is 3.15. The van der Waals surface area contributed by atoms with Crippen molar-refractivity contribution in [3.8, 4) is 5.75 Å². The van der Waals surface area contributed by atoms with Crippen LogP contribution in [0.5, 0.6) is 5.75 Å². The van der Waals surface area contributed by atoms with Crippen molar-refractivity contribution in [3.05, 3.63) is 82.1 Å². The van der Waals surface area contributed by atoms with Crippen LogP contribution in [0, 0.1) is 5.82 Å². The van der Waals surface area contributed by atoms with Crippen molar-refractivity contribution in [1.29, 1.82) is 0 Å². The molecule has 0 aliphatic heterocycles. The largest absolute Gasteiger partial charge is 0.487 e. The molecule has 6 heteroatoms. The fourth-order valence-electron chi connectivity index (χ4n) is 2.36. The third-order valence-corrected chi connectivity index (χ3v) is 4.30. The van der Waals surface area contributed by atoms with Crippen molar-refractivity contribution in [1.82, 2.24) is 9.88 Å². The van der Waals surface area contributed by atoms with Crippen LogP contribution in [0.15, 0.2) is 59.4 Å². The van der Waals surface area contributed by atoms with Crippen LogP contribution in [0.4, 0.5) is 4.39 Å². The summed E-state index contributed by atoms with van der Waals surface area (Å²) in [6, 6.07) is 13.4. The van der Waals surface area contributed by atoms with Crippen molar-refractivity contribution >= 4 is 17.2 Å². The molecule has 1 amide bonds. The number of halogens is 1. The summed E-state index contributed by atoms with van der Waals surface area (Å²) < 4.78 is 19.4. The van der Waals surface area contributed by atoms with Crippen LogP contribution in [-0.4, -0.2) is 22.8 Å². The van der Waals surface area contributed by atoms with E-state index < -0.39 is 0 Å². The standard InChI is InChI=1S/C19H17FN2O2S/c1-22(10-15-5-2-3-8-18(15)20)19(23)14-6-4-7-17(9-14)24-11-16-12-25-13-21-16/h2-9,12-13H,10-11H2,1H3. The Morgan fingerprint density at radius 2 is 2.08 bits per heavy atom. The van der Waals surface area contributed by atoms with Gasteiger partial charge in [-0.25, -0.2) is 9.37 Å². The van der Waals surface area contributed by atoms with Gasteiger partial charge in [-0.1, -0.05) is 24.3 Å². The van der Waals surface area contributed by atoms with Crippen LogP contribution in [0.3, 0.4) is 0 Å². The summed E-state index contributed by atoms with van der Waals surface area (Å²) in [5, 5.41) is 1.91. The van der Waals surface area contributed by atoms with Crippen LogP contribution in [-0.2, 0) is 13.2 Å². The van der Waals surface area contributed by atoms with Crippen molar-refractivity contribution < 1.29 is 13.9 Å². The van der Waals surface area contributed by atoms with E-state index in [1.807, 2.05) is 5.38 Å². The molecule has 0 bridgehead atoms. The Bertz CT molecular complexity index is 852. The van der Waals surface area contributed by atoms with E-state index in [0.29, 0.717) is 23.5 Å². The molecular weight excluding hydrogens is 339 g/mol. The minimum absolute atomic E-state index is 0.192. The highest BCUT2D eigenvalue weighted by Crippen LogP contribution is 2.18. The molecular formula is C19H17FN2O2S. The Morgan fingerprint density at radius 1 is 1.24 bits per heavy atom. The number of carbonyl (C=O) groups is 1. The number of amides is 1. The lowest BCUT2D eigenvalue weighted by atomic mass is 10.1. The Hall–Kier alpha value is -2.73. The Labute approximate surface area is 149 Å². The van der Waals surface area contributed by atoms with Gasteiger partial charge in [-0.2, -0.15) is 0 Å². The van der Waals surface area contributed by atoms with Crippen LogP contribution in [0.2, 0.25) is 0 Å². The van der Waals surface area contributed by atoms with Gasteiger partial charge in [0.1, 0.15) is 18.2 Å². The van der Waals surface area contributed by atoms with Crippen LogP contribution < -0.4 is 4.74 Å². The quantitative estimate of drug-likeness (QED) is 0.667. The molecule has 0 fully saturated rings. The minimum atomic E-state index is -0.317. The molecule has 25 heavy (non-hydrogen) atoms. The second kappa shape index (κ2) is 7.90. The summed E-state index contributed by atoms with van der Waals surface area (Å²) in [7, 11) is 1.65. The van der Waals surface area contributed by atoms with E-state index in [0.717, 1.165) is 5.69 Å². The Balaban J connectivity index is 1.67. The predicted octanol–water partition coefficient (Wildman–Crippen LogP) is 4.13. The first-order valence-electron chi connectivity index (χ1n) is 7.72. The maximum Gasteiger partial charge on any atom is 0.254 e.